The lowest BCUT2D eigenvalue weighted by molar-refractivity contribution is -0.170. The van der Waals surface area contributed by atoms with Crippen LogP contribution in [0.1, 0.15) is 33.6 Å². The molecular weight excluding hydrogens is 436 g/mol. The zero-order valence-corrected chi connectivity index (χ0v) is 18.5. The molecule has 2 aliphatic rings. The maximum Gasteiger partial charge on any atom is 0.329 e. The lowest BCUT2D eigenvalue weighted by atomic mass is 10.2. The average molecular weight is 461 g/mol. The molecule has 1 aromatic heterocycles. The van der Waals surface area contributed by atoms with Gasteiger partial charge in [-0.15, -0.1) is 0 Å². The van der Waals surface area contributed by atoms with Crippen molar-refractivity contribution in [2.45, 2.75) is 68.9 Å². The number of halogens is 1. The van der Waals surface area contributed by atoms with E-state index in [1.807, 2.05) is 6.92 Å². The molecule has 10 nitrogen and oxygen atoms in total. The van der Waals surface area contributed by atoms with Crippen LogP contribution in [0.5, 0.6) is 0 Å². The summed E-state index contributed by atoms with van der Waals surface area (Å²) in [4.78, 5) is 30.7. The summed E-state index contributed by atoms with van der Waals surface area (Å²) in [6, 6.07) is -0.308. The topological polar surface area (TPSA) is 132 Å². The number of hydrogen-bond donors (Lipinski definition) is 3. The molecule has 166 valence electrons. The van der Waals surface area contributed by atoms with E-state index in [0.717, 1.165) is 12.2 Å². The number of aromatic nitrogens is 2. The minimum Gasteiger partial charge on any atom is -0.480 e. The lowest BCUT2D eigenvalue weighted by Gasteiger charge is -2.25. The van der Waals surface area contributed by atoms with Crippen LogP contribution in [0.15, 0.2) is 5.16 Å². The van der Waals surface area contributed by atoms with Gasteiger partial charge in [0.15, 0.2) is 21.9 Å². The van der Waals surface area contributed by atoms with Gasteiger partial charge in [0, 0.05) is 5.75 Å². The summed E-state index contributed by atoms with van der Waals surface area (Å²) >= 11 is 7.73. The van der Waals surface area contributed by atoms with Crippen LogP contribution in [0.4, 0.5) is 11.5 Å². The van der Waals surface area contributed by atoms with Gasteiger partial charge in [-0.2, -0.15) is 0 Å². The van der Waals surface area contributed by atoms with Crippen LogP contribution in [-0.4, -0.2) is 70.0 Å². The zero-order valence-electron chi connectivity index (χ0n) is 16.9. The van der Waals surface area contributed by atoms with Crippen molar-refractivity contribution in [3.05, 3.63) is 5.15 Å². The summed E-state index contributed by atoms with van der Waals surface area (Å²) in [5, 5.41) is 15.4. The third-order valence-corrected chi connectivity index (χ3v) is 5.97. The Kier molecular flexibility index (Phi) is 7.40. The molecule has 3 N–H and O–H groups in total. The fraction of sp³-hybridized carbons (Fsp3) is 0.667. The molecule has 30 heavy (non-hydrogen) atoms. The Morgan fingerprint density at radius 3 is 2.80 bits per heavy atom. The molecule has 1 aliphatic heterocycles. The van der Waals surface area contributed by atoms with E-state index in [1.165, 1.54) is 11.8 Å². The van der Waals surface area contributed by atoms with E-state index < -0.39 is 36.7 Å². The number of rotatable bonds is 10. The van der Waals surface area contributed by atoms with Crippen molar-refractivity contribution in [1.29, 1.82) is 0 Å². The van der Waals surface area contributed by atoms with Gasteiger partial charge in [0.25, 0.3) is 0 Å². The molecular formula is C18H25ClN4O6S. The Labute approximate surface area is 183 Å². The van der Waals surface area contributed by atoms with E-state index >= 15 is 0 Å². The number of anilines is 2. The van der Waals surface area contributed by atoms with Gasteiger partial charge in [-0.3, -0.25) is 4.79 Å². The van der Waals surface area contributed by atoms with E-state index in [-0.39, 0.29) is 16.9 Å². The Morgan fingerprint density at radius 2 is 2.13 bits per heavy atom. The molecule has 4 atom stereocenters. The number of amides is 1. The number of carbonyl (C=O) groups is 2. The highest BCUT2D eigenvalue weighted by molar-refractivity contribution is 7.99. The Morgan fingerprint density at radius 1 is 1.40 bits per heavy atom. The SMILES string of the molecule is CCCSc1nc(Cl)c(NC=O)c(NC2C[C@H](OCC(=O)O)[C@H]3OC(C)(C)O[C@@H]23)n1. The lowest BCUT2D eigenvalue weighted by Crippen LogP contribution is -2.35. The summed E-state index contributed by atoms with van der Waals surface area (Å²) in [6.07, 6.45) is 0.562. The predicted molar refractivity (Wildman–Crippen MR) is 111 cm³/mol. The van der Waals surface area contributed by atoms with Gasteiger partial charge >= 0.3 is 5.97 Å². The Hall–Kier alpha value is -1.66. The van der Waals surface area contributed by atoms with Crippen LogP contribution in [-0.2, 0) is 23.8 Å². The second-order valence-corrected chi connectivity index (χ2v) is 8.85. The van der Waals surface area contributed by atoms with E-state index in [0.29, 0.717) is 23.8 Å². The van der Waals surface area contributed by atoms with Crippen LogP contribution in [0, 0.1) is 0 Å². The molecule has 1 aromatic rings. The molecule has 3 rings (SSSR count). The predicted octanol–water partition coefficient (Wildman–Crippen LogP) is 2.37. The Bertz CT molecular complexity index is 798. The Balaban J connectivity index is 1.85. The number of carboxylic acids is 1. The molecule has 1 aliphatic carbocycles. The van der Waals surface area contributed by atoms with Crippen molar-refractivity contribution < 1.29 is 28.9 Å². The number of nitrogens with zero attached hydrogens (tertiary/aromatic N) is 2. The maximum absolute atomic E-state index is 11.1. The van der Waals surface area contributed by atoms with Crippen LogP contribution in [0.2, 0.25) is 5.15 Å². The highest BCUT2D eigenvalue weighted by atomic mass is 35.5. The van der Waals surface area contributed by atoms with Crippen LogP contribution in [0.3, 0.4) is 0 Å². The van der Waals surface area contributed by atoms with Crippen molar-refractivity contribution >= 4 is 47.2 Å². The van der Waals surface area contributed by atoms with Crippen molar-refractivity contribution in [2.24, 2.45) is 0 Å². The molecule has 2 fully saturated rings. The number of ether oxygens (including phenoxy) is 3. The number of fused-ring (bicyclic) bond motifs is 1. The second kappa shape index (κ2) is 9.65. The summed E-state index contributed by atoms with van der Waals surface area (Å²) < 4.78 is 17.5. The highest BCUT2D eigenvalue weighted by Crippen LogP contribution is 2.42. The van der Waals surface area contributed by atoms with Gasteiger partial charge in [-0.05, 0) is 26.7 Å². The molecule has 0 bridgehead atoms. The number of hydrogen-bond acceptors (Lipinski definition) is 9. The van der Waals surface area contributed by atoms with Crippen molar-refractivity contribution in [3.8, 4) is 0 Å². The van der Waals surface area contributed by atoms with Crippen molar-refractivity contribution in [1.82, 2.24) is 9.97 Å². The standard InChI is InChI=1S/C18H25ClN4O6S/c1-4-5-30-17-22-15(19)12(20-8-24)16(23-17)21-9-6-10(27-7-11(25)26)14-13(9)28-18(2,3)29-14/h8-10,13-14H,4-7H2,1-3H3,(H,20,24)(H,25,26)(H,21,22,23)/t9?,10-,13-,14+/m0/s1. The summed E-state index contributed by atoms with van der Waals surface area (Å²) in [7, 11) is 0. The number of carboxylic acid groups (broad SMARTS) is 1. The summed E-state index contributed by atoms with van der Waals surface area (Å²) in [5.74, 6) is -0.716. The van der Waals surface area contributed by atoms with E-state index in [2.05, 4.69) is 20.6 Å². The fourth-order valence-corrected chi connectivity index (χ4v) is 4.53. The minimum atomic E-state index is -1.06. The van der Waals surface area contributed by atoms with E-state index in [1.54, 1.807) is 13.8 Å². The molecule has 0 aromatic carbocycles. The van der Waals surface area contributed by atoms with Crippen LogP contribution in [0.25, 0.3) is 0 Å². The van der Waals surface area contributed by atoms with Crippen molar-refractivity contribution in [2.75, 3.05) is 23.0 Å². The normalized spacial score (nSPS) is 26.9. The number of thioether (sulfide) groups is 1. The quantitative estimate of drug-likeness (QED) is 0.207. The number of aliphatic carboxylic acids is 1. The third kappa shape index (κ3) is 5.33. The molecule has 2 heterocycles. The van der Waals surface area contributed by atoms with Crippen LogP contribution < -0.4 is 10.6 Å². The van der Waals surface area contributed by atoms with Gasteiger partial charge in [0.05, 0.1) is 12.1 Å². The largest absolute Gasteiger partial charge is 0.480 e. The molecule has 1 unspecified atom stereocenters. The van der Waals surface area contributed by atoms with E-state index in [4.69, 9.17) is 30.9 Å². The third-order valence-electron chi connectivity index (χ3n) is 4.64. The molecule has 0 spiro atoms. The van der Waals surface area contributed by atoms with Crippen LogP contribution >= 0.6 is 23.4 Å². The van der Waals surface area contributed by atoms with Gasteiger partial charge in [-0.1, -0.05) is 30.3 Å². The number of nitrogens with one attached hydrogen (secondary N) is 2. The van der Waals surface area contributed by atoms with Gasteiger partial charge in [0.2, 0.25) is 6.41 Å². The minimum absolute atomic E-state index is 0.121. The highest BCUT2D eigenvalue weighted by Gasteiger charge is 2.55. The molecule has 1 saturated heterocycles. The van der Waals surface area contributed by atoms with Gasteiger partial charge in [-0.25, -0.2) is 14.8 Å². The first-order valence-electron chi connectivity index (χ1n) is 9.60. The second-order valence-electron chi connectivity index (χ2n) is 7.43. The molecule has 12 heteroatoms. The zero-order chi connectivity index (χ0) is 21.9. The fourth-order valence-electron chi connectivity index (χ4n) is 3.56. The molecule has 1 amide bonds. The first-order chi connectivity index (χ1) is 14.2. The smallest absolute Gasteiger partial charge is 0.329 e. The average Bonchev–Trinajstić information content (AvgIpc) is 3.14. The monoisotopic (exact) mass is 460 g/mol. The summed E-state index contributed by atoms with van der Waals surface area (Å²) in [6.45, 7) is 5.19. The van der Waals surface area contributed by atoms with E-state index in [9.17, 15) is 9.59 Å². The number of carbonyl (C=O) groups excluding carboxylic acids is 1. The first kappa shape index (κ1) is 23.0. The molecule has 1 saturated carbocycles. The van der Waals surface area contributed by atoms with Gasteiger partial charge in [0.1, 0.15) is 24.5 Å². The summed E-state index contributed by atoms with van der Waals surface area (Å²) in [5.41, 5.74) is 0.261. The molecule has 0 radical (unpaired) electrons. The maximum atomic E-state index is 11.1. The first-order valence-corrected chi connectivity index (χ1v) is 11.0. The van der Waals surface area contributed by atoms with Crippen molar-refractivity contribution in [3.63, 3.8) is 0 Å². The van der Waals surface area contributed by atoms with Gasteiger partial charge < -0.3 is 30.0 Å².